The van der Waals surface area contributed by atoms with Crippen molar-refractivity contribution in [3.8, 4) is 0 Å². The third-order valence-electron chi connectivity index (χ3n) is 3.50. The van der Waals surface area contributed by atoms with Gasteiger partial charge in [-0.05, 0) is 25.0 Å². The van der Waals surface area contributed by atoms with Gasteiger partial charge < -0.3 is 10.0 Å². The van der Waals surface area contributed by atoms with Gasteiger partial charge in [0.2, 0.25) is 5.91 Å². The number of thioether (sulfide) groups is 1. The van der Waals surface area contributed by atoms with Crippen LogP contribution in [0.5, 0.6) is 0 Å². The summed E-state index contributed by atoms with van der Waals surface area (Å²) in [6.07, 6.45) is 7.17. The minimum Gasteiger partial charge on any atom is -0.388 e. The van der Waals surface area contributed by atoms with Crippen molar-refractivity contribution in [2.24, 2.45) is 0 Å². The van der Waals surface area contributed by atoms with Gasteiger partial charge in [0, 0.05) is 30.9 Å². The van der Waals surface area contributed by atoms with Gasteiger partial charge in [0.25, 0.3) is 0 Å². The predicted molar refractivity (Wildman–Crippen MR) is 76.0 cm³/mol. The van der Waals surface area contributed by atoms with E-state index >= 15 is 0 Å². The molecule has 19 heavy (non-hydrogen) atoms. The molecule has 1 fully saturated rings. The van der Waals surface area contributed by atoms with Crippen LogP contribution >= 0.6 is 11.8 Å². The molecule has 1 heterocycles. The highest BCUT2D eigenvalue weighted by atomic mass is 32.2. The maximum atomic E-state index is 12.0. The first-order valence-electron chi connectivity index (χ1n) is 6.58. The molecule has 1 N–H and O–H groups in total. The standard InChI is InChI=1S/C14H20N2O2S/c1-16(11-14(18)6-2-3-7-14)13(17)10-19-12-4-8-15-9-5-12/h4-5,8-9,18H,2-3,6-7,10-11H2,1H3. The van der Waals surface area contributed by atoms with Crippen LogP contribution in [-0.2, 0) is 4.79 Å². The highest BCUT2D eigenvalue weighted by Crippen LogP contribution is 2.30. The molecule has 0 aliphatic heterocycles. The molecule has 5 heteroatoms. The molecule has 0 radical (unpaired) electrons. The molecule has 1 aliphatic carbocycles. The molecule has 0 bridgehead atoms. The highest BCUT2D eigenvalue weighted by molar-refractivity contribution is 8.00. The molecule has 2 rings (SSSR count). The second-order valence-electron chi connectivity index (χ2n) is 5.15. The normalized spacial score (nSPS) is 17.4. The lowest BCUT2D eigenvalue weighted by Gasteiger charge is -2.28. The number of aliphatic hydroxyl groups is 1. The van der Waals surface area contributed by atoms with Gasteiger partial charge in [-0.3, -0.25) is 9.78 Å². The molecule has 104 valence electrons. The van der Waals surface area contributed by atoms with Crippen LogP contribution < -0.4 is 0 Å². The monoisotopic (exact) mass is 280 g/mol. The Balaban J connectivity index is 1.79. The first-order chi connectivity index (χ1) is 9.09. The molecule has 1 aromatic rings. The van der Waals surface area contributed by atoms with Crippen LogP contribution in [0.1, 0.15) is 25.7 Å². The van der Waals surface area contributed by atoms with E-state index in [1.807, 2.05) is 12.1 Å². The molecule has 1 amide bonds. The number of rotatable bonds is 5. The fourth-order valence-corrected chi connectivity index (χ4v) is 3.24. The maximum absolute atomic E-state index is 12.0. The zero-order valence-corrected chi connectivity index (χ0v) is 12.0. The summed E-state index contributed by atoms with van der Waals surface area (Å²) < 4.78 is 0. The second kappa shape index (κ2) is 6.39. The number of hydrogen-bond acceptors (Lipinski definition) is 4. The summed E-state index contributed by atoms with van der Waals surface area (Å²) in [4.78, 5) is 18.7. The van der Waals surface area contributed by atoms with Crippen LogP contribution in [-0.4, -0.2) is 45.8 Å². The molecule has 1 saturated carbocycles. The summed E-state index contributed by atoms with van der Waals surface area (Å²) in [6.45, 7) is 0.447. The summed E-state index contributed by atoms with van der Waals surface area (Å²) in [5, 5.41) is 10.3. The quantitative estimate of drug-likeness (QED) is 0.838. The summed E-state index contributed by atoms with van der Waals surface area (Å²) in [5.74, 6) is 0.457. The van der Waals surface area contributed by atoms with Gasteiger partial charge >= 0.3 is 0 Å². The number of carbonyl (C=O) groups excluding carboxylic acids is 1. The van der Waals surface area contributed by atoms with E-state index < -0.39 is 5.60 Å². The summed E-state index contributed by atoms with van der Waals surface area (Å²) in [5.41, 5.74) is -0.661. The lowest BCUT2D eigenvalue weighted by atomic mass is 10.0. The molecule has 0 saturated heterocycles. The third kappa shape index (κ3) is 4.21. The Kier molecular flexibility index (Phi) is 4.82. The predicted octanol–water partition coefficient (Wildman–Crippen LogP) is 1.94. The zero-order chi connectivity index (χ0) is 13.7. The van der Waals surface area contributed by atoms with Gasteiger partial charge in [0.05, 0.1) is 11.4 Å². The number of likely N-dealkylation sites (N-methyl/N-ethyl adjacent to an activating group) is 1. The zero-order valence-electron chi connectivity index (χ0n) is 11.2. The topological polar surface area (TPSA) is 53.4 Å². The van der Waals surface area contributed by atoms with E-state index in [0.717, 1.165) is 30.6 Å². The first kappa shape index (κ1) is 14.3. The average Bonchev–Trinajstić information content (AvgIpc) is 2.83. The highest BCUT2D eigenvalue weighted by Gasteiger charge is 2.33. The van der Waals surface area contributed by atoms with Crippen molar-refractivity contribution in [3.05, 3.63) is 24.5 Å². The van der Waals surface area contributed by atoms with Crippen molar-refractivity contribution in [1.29, 1.82) is 0 Å². The van der Waals surface area contributed by atoms with Crippen molar-refractivity contribution in [3.63, 3.8) is 0 Å². The van der Waals surface area contributed by atoms with E-state index in [1.54, 1.807) is 24.3 Å². The second-order valence-corrected chi connectivity index (χ2v) is 6.20. The van der Waals surface area contributed by atoms with E-state index in [4.69, 9.17) is 0 Å². The molecular formula is C14H20N2O2S. The van der Waals surface area contributed by atoms with Crippen LogP contribution in [0.2, 0.25) is 0 Å². The lowest BCUT2D eigenvalue weighted by Crippen LogP contribution is -2.42. The largest absolute Gasteiger partial charge is 0.388 e. The number of aromatic nitrogens is 1. The Labute approximate surface area is 118 Å². The minimum absolute atomic E-state index is 0.0575. The van der Waals surface area contributed by atoms with Gasteiger partial charge in [0.1, 0.15) is 0 Å². The number of hydrogen-bond donors (Lipinski definition) is 1. The minimum atomic E-state index is -0.661. The number of nitrogens with zero attached hydrogens (tertiary/aromatic N) is 2. The first-order valence-corrected chi connectivity index (χ1v) is 7.57. The molecule has 0 aromatic carbocycles. The van der Waals surface area contributed by atoms with Gasteiger partial charge in [-0.15, -0.1) is 11.8 Å². The Morgan fingerprint density at radius 3 is 2.68 bits per heavy atom. The Morgan fingerprint density at radius 2 is 2.05 bits per heavy atom. The third-order valence-corrected chi connectivity index (χ3v) is 4.50. The fraction of sp³-hybridized carbons (Fsp3) is 0.571. The van der Waals surface area contributed by atoms with Crippen molar-refractivity contribution in [2.45, 2.75) is 36.2 Å². The Morgan fingerprint density at radius 1 is 1.42 bits per heavy atom. The maximum Gasteiger partial charge on any atom is 0.232 e. The van der Waals surface area contributed by atoms with Crippen LogP contribution in [0, 0.1) is 0 Å². The van der Waals surface area contributed by atoms with Crippen LogP contribution in [0.4, 0.5) is 0 Å². The van der Waals surface area contributed by atoms with E-state index in [0.29, 0.717) is 12.3 Å². The van der Waals surface area contributed by atoms with E-state index in [1.165, 1.54) is 11.8 Å². The molecule has 0 unspecified atom stereocenters. The molecule has 1 aromatic heterocycles. The smallest absolute Gasteiger partial charge is 0.232 e. The van der Waals surface area contributed by atoms with Gasteiger partial charge in [-0.2, -0.15) is 0 Å². The molecule has 4 nitrogen and oxygen atoms in total. The van der Waals surface area contributed by atoms with E-state index in [9.17, 15) is 9.90 Å². The summed E-state index contributed by atoms with van der Waals surface area (Å²) >= 11 is 1.50. The van der Waals surface area contributed by atoms with E-state index in [2.05, 4.69) is 4.98 Å². The molecule has 0 spiro atoms. The van der Waals surface area contributed by atoms with Gasteiger partial charge in [-0.25, -0.2) is 0 Å². The summed E-state index contributed by atoms with van der Waals surface area (Å²) in [7, 11) is 1.77. The SMILES string of the molecule is CN(CC1(O)CCCC1)C(=O)CSc1ccncc1. The Hall–Kier alpha value is -1.07. The molecule has 0 atom stereocenters. The van der Waals surface area contributed by atoms with Crippen LogP contribution in [0.3, 0.4) is 0 Å². The average molecular weight is 280 g/mol. The van der Waals surface area contributed by atoms with Gasteiger partial charge in [-0.1, -0.05) is 12.8 Å². The van der Waals surface area contributed by atoms with Crippen LogP contribution in [0.15, 0.2) is 29.4 Å². The van der Waals surface area contributed by atoms with Crippen molar-refractivity contribution in [1.82, 2.24) is 9.88 Å². The van der Waals surface area contributed by atoms with E-state index in [-0.39, 0.29) is 5.91 Å². The number of pyridine rings is 1. The Bertz CT molecular complexity index is 419. The molecule has 1 aliphatic rings. The lowest BCUT2D eigenvalue weighted by molar-refractivity contribution is -0.130. The van der Waals surface area contributed by atoms with Crippen molar-refractivity contribution < 1.29 is 9.90 Å². The number of carbonyl (C=O) groups is 1. The number of amides is 1. The van der Waals surface area contributed by atoms with Gasteiger partial charge in [0.15, 0.2) is 0 Å². The molecular weight excluding hydrogens is 260 g/mol. The van der Waals surface area contributed by atoms with Crippen LogP contribution in [0.25, 0.3) is 0 Å². The fourth-order valence-electron chi connectivity index (χ4n) is 2.41. The summed E-state index contributed by atoms with van der Waals surface area (Å²) in [6, 6.07) is 3.78. The van der Waals surface area contributed by atoms with Crippen molar-refractivity contribution >= 4 is 17.7 Å². The van der Waals surface area contributed by atoms with Crippen molar-refractivity contribution in [2.75, 3.05) is 19.3 Å².